The number of nitrogens with one attached hydrogen (secondary N) is 1. The topological polar surface area (TPSA) is 109 Å². The fourth-order valence-electron chi connectivity index (χ4n) is 4.15. The van der Waals surface area contributed by atoms with Gasteiger partial charge in [-0.2, -0.15) is 0 Å². The van der Waals surface area contributed by atoms with E-state index in [4.69, 9.17) is 21.0 Å². The van der Waals surface area contributed by atoms with E-state index in [0.29, 0.717) is 34.8 Å². The van der Waals surface area contributed by atoms with Crippen molar-refractivity contribution in [3.05, 3.63) is 125 Å². The van der Waals surface area contributed by atoms with Crippen molar-refractivity contribution in [3.63, 3.8) is 0 Å². The number of nitrogens with zero attached hydrogens (tertiary/aromatic N) is 1. The summed E-state index contributed by atoms with van der Waals surface area (Å²) in [6.45, 7) is 1.99. The summed E-state index contributed by atoms with van der Waals surface area (Å²) in [7, 11) is 0. The summed E-state index contributed by atoms with van der Waals surface area (Å²) in [6, 6.07) is 23.3. The first-order chi connectivity index (χ1) is 18.4. The van der Waals surface area contributed by atoms with Crippen LogP contribution in [0.4, 0.5) is 10.1 Å². The SMILES string of the molecule is CC/C(=C(/c1ccc(/C=C/C(=O)O)cc1)c1ccc(N)c(C=N)c1F)c1ccc(Oc2ccccn2)cc1. The largest absolute Gasteiger partial charge is 0.478 e. The van der Waals surface area contributed by atoms with E-state index in [1.54, 1.807) is 36.5 Å². The molecule has 1 heterocycles. The molecule has 190 valence electrons. The van der Waals surface area contributed by atoms with Crippen LogP contribution in [-0.2, 0) is 4.79 Å². The van der Waals surface area contributed by atoms with Gasteiger partial charge in [-0.25, -0.2) is 14.2 Å². The second kappa shape index (κ2) is 11.8. The van der Waals surface area contributed by atoms with Crippen molar-refractivity contribution in [2.24, 2.45) is 0 Å². The summed E-state index contributed by atoms with van der Waals surface area (Å²) in [6.07, 6.45) is 5.71. The van der Waals surface area contributed by atoms with Gasteiger partial charge in [-0.05, 0) is 70.7 Å². The lowest BCUT2D eigenvalue weighted by atomic mass is 9.86. The average Bonchev–Trinajstić information content (AvgIpc) is 2.93. The van der Waals surface area contributed by atoms with Crippen molar-refractivity contribution >= 4 is 35.1 Å². The van der Waals surface area contributed by atoms with E-state index in [-0.39, 0.29) is 11.3 Å². The number of halogens is 1. The minimum atomic E-state index is -1.04. The Bertz CT molecular complexity index is 1510. The van der Waals surface area contributed by atoms with Crippen LogP contribution in [0.5, 0.6) is 11.6 Å². The first kappa shape index (κ1) is 26.0. The van der Waals surface area contributed by atoms with E-state index in [9.17, 15) is 4.79 Å². The lowest BCUT2D eigenvalue weighted by Gasteiger charge is -2.18. The van der Waals surface area contributed by atoms with Gasteiger partial charge >= 0.3 is 5.97 Å². The van der Waals surface area contributed by atoms with E-state index in [2.05, 4.69) is 4.98 Å². The summed E-state index contributed by atoms with van der Waals surface area (Å²) in [5, 5.41) is 16.6. The van der Waals surface area contributed by atoms with Gasteiger partial charge in [0.1, 0.15) is 11.6 Å². The van der Waals surface area contributed by atoms with Crippen LogP contribution >= 0.6 is 0 Å². The van der Waals surface area contributed by atoms with Crippen LogP contribution in [0.1, 0.15) is 41.2 Å². The highest BCUT2D eigenvalue weighted by Crippen LogP contribution is 2.38. The van der Waals surface area contributed by atoms with E-state index >= 15 is 4.39 Å². The lowest BCUT2D eigenvalue weighted by Crippen LogP contribution is -2.04. The van der Waals surface area contributed by atoms with E-state index in [0.717, 1.165) is 29.0 Å². The zero-order chi connectivity index (χ0) is 27.1. The Morgan fingerprint density at radius 3 is 2.34 bits per heavy atom. The monoisotopic (exact) mass is 507 g/mol. The number of hydrogen-bond acceptors (Lipinski definition) is 5. The maximum atomic E-state index is 15.7. The van der Waals surface area contributed by atoms with Crippen LogP contribution in [0.25, 0.3) is 17.2 Å². The quantitative estimate of drug-likeness (QED) is 0.0972. The molecule has 38 heavy (non-hydrogen) atoms. The van der Waals surface area contributed by atoms with Gasteiger partial charge in [0.25, 0.3) is 0 Å². The molecule has 0 radical (unpaired) electrons. The molecule has 4 aromatic rings. The predicted octanol–water partition coefficient (Wildman–Crippen LogP) is 7.06. The number of allylic oxidation sites excluding steroid dienone is 1. The van der Waals surface area contributed by atoms with E-state index in [1.807, 2.05) is 55.5 Å². The number of nitrogens with two attached hydrogens (primary N) is 1. The fraction of sp³-hybridized carbons (Fsp3) is 0.0645. The molecule has 1 aromatic heterocycles. The number of hydrogen-bond donors (Lipinski definition) is 3. The van der Waals surface area contributed by atoms with Crippen LogP contribution in [0.3, 0.4) is 0 Å². The molecule has 7 heteroatoms. The zero-order valence-corrected chi connectivity index (χ0v) is 20.7. The second-order valence-corrected chi connectivity index (χ2v) is 8.37. The summed E-state index contributed by atoms with van der Waals surface area (Å²) < 4.78 is 21.5. The number of carboxylic acid groups (broad SMARTS) is 1. The third-order valence-electron chi connectivity index (χ3n) is 5.96. The minimum Gasteiger partial charge on any atom is -0.478 e. The molecular weight excluding hydrogens is 481 g/mol. The Kier molecular flexibility index (Phi) is 8.08. The second-order valence-electron chi connectivity index (χ2n) is 8.37. The third kappa shape index (κ3) is 5.84. The lowest BCUT2D eigenvalue weighted by molar-refractivity contribution is -0.131. The summed E-state index contributed by atoms with van der Waals surface area (Å²) in [5.41, 5.74) is 10.3. The molecule has 0 spiro atoms. The molecule has 0 saturated heterocycles. The normalized spacial score (nSPS) is 11.7. The molecule has 0 unspecified atom stereocenters. The number of carbonyl (C=O) groups is 1. The number of rotatable bonds is 9. The molecule has 0 saturated carbocycles. The Morgan fingerprint density at radius 2 is 1.74 bits per heavy atom. The van der Waals surface area contributed by atoms with Crippen LogP contribution in [0, 0.1) is 11.2 Å². The van der Waals surface area contributed by atoms with Crippen molar-refractivity contribution in [3.8, 4) is 11.6 Å². The fourth-order valence-corrected chi connectivity index (χ4v) is 4.15. The average molecular weight is 508 g/mol. The molecule has 4 N–H and O–H groups in total. The molecule has 6 nitrogen and oxygen atoms in total. The number of benzene rings is 3. The van der Waals surface area contributed by atoms with E-state index in [1.165, 1.54) is 6.08 Å². The van der Waals surface area contributed by atoms with Crippen molar-refractivity contribution in [2.45, 2.75) is 13.3 Å². The van der Waals surface area contributed by atoms with Crippen LogP contribution in [0.2, 0.25) is 0 Å². The number of carboxylic acids is 1. The molecule has 0 fully saturated rings. The van der Waals surface area contributed by atoms with Crippen LogP contribution < -0.4 is 10.5 Å². The highest BCUT2D eigenvalue weighted by atomic mass is 19.1. The first-order valence-electron chi connectivity index (χ1n) is 11.9. The van der Waals surface area contributed by atoms with Gasteiger partial charge in [0.15, 0.2) is 0 Å². The number of nitrogen functional groups attached to an aromatic ring is 1. The summed E-state index contributed by atoms with van der Waals surface area (Å²) >= 11 is 0. The molecule has 0 amide bonds. The van der Waals surface area contributed by atoms with Crippen molar-refractivity contribution in [2.75, 3.05) is 5.73 Å². The molecule has 0 aliphatic carbocycles. The van der Waals surface area contributed by atoms with Gasteiger partial charge < -0.3 is 21.0 Å². The molecule has 0 aliphatic heterocycles. The molecule has 0 atom stereocenters. The van der Waals surface area contributed by atoms with Crippen LogP contribution in [0.15, 0.2) is 91.1 Å². The number of aromatic nitrogens is 1. The Morgan fingerprint density at radius 1 is 1.03 bits per heavy atom. The standard InChI is InChI=1S/C31H26FN3O3/c1-2-24(21-11-13-23(14-12-21)38-28-5-3-4-18-35-28)30(25-15-16-27(34)26(19-33)31(25)32)22-9-6-20(7-10-22)8-17-29(36)37/h3-19,33H,2,34H2,1H3,(H,36,37)/b17-8+,30-24+,33-19?. The van der Waals surface area contributed by atoms with Crippen LogP contribution in [-0.4, -0.2) is 22.3 Å². The molecule has 0 aliphatic rings. The number of aliphatic carboxylic acids is 1. The van der Waals surface area contributed by atoms with Gasteiger partial charge in [0.05, 0.1) is 5.56 Å². The summed E-state index contributed by atoms with van der Waals surface area (Å²) in [4.78, 5) is 15.1. The molecule has 0 bridgehead atoms. The third-order valence-corrected chi connectivity index (χ3v) is 5.96. The molecular formula is C31H26FN3O3. The number of anilines is 1. The van der Waals surface area contributed by atoms with Gasteiger partial charge in [-0.3, -0.25) is 0 Å². The molecule has 3 aromatic carbocycles. The highest BCUT2D eigenvalue weighted by Gasteiger charge is 2.19. The van der Waals surface area contributed by atoms with Crippen molar-refractivity contribution in [1.82, 2.24) is 4.98 Å². The first-order valence-corrected chi connectivity index (χ1v) is 11.9. The van der Waals surface area contributed by atoms with Crippen molar-refractivity contribution < 1.29 is 19.0 Å². The van der Waals surface area contributed by atoms with Gasteiger partial charge in [0, 0.05) is 35.8 Å². The predicted molar refractivity (Wildman–Crippen MR) is 149 cm³/mol. The highest BCUT2D eigenvalue weighted by molar-refractivity contribution is 6.00. The van der Waals surface area contributed by atoms with Gasteiger partial charge in [-0.1, -0.05) is 49.4 Å². The minimum absolute atomic E-state index is 0.0237. The zero-order valence-electron chi connectivity index (χ0n) is 20.7. The van der Waals surface area contributed by atoms with E-state index < -0.39 is 11.8 Å². The smallest absolute Gasteiger partial charge is 0.328 e. The summed E-state index contributed by atoms with van der Waals surface area (Å²) in [5.74, 6) is -0.524. The maximum Gasteiger partial charge on any atom is 0.328 e. The Hall–Kier alpha value is -5.04. The Balaban J connectivity index is 1.85. The Labute approximate surface area is 220 Å². The number of pyridine rings is 1. The van der Waals surface area contributed by atoms with Crippen molar-refractivity contribution in [1.29, 1.82) is 5.41 Å². The maximum absolute atomic E-state index is 15.7. The van der Waals surface area contributed by atoms with Gasteiger partial charge in [-0.15, -0.1) is 0 Å². The number of ether oxygens (including phenoxy) is 1. The molecule has 4 rings (SSSR count). The van der Waals surface area contributed by atoms with Gasteiger partial charge in [0.2, 0.25) is 5.88 Å².